The maximum absolute atomic E-state index is 11.5. The smallest absolute Gasteiger partial charge is 0.178 e. The molecule has 2 aliphatic carbocycles. The fraction of sp³-hybridized carbons (Fsp3) is 0.125. The summed E-state index contributed by atoms with van der Waals surface area (Å²) in [6.07, 6.45) is 0.998. The van der Waals surface area contributed by atoms with Crippen molar-refractivity contribution in [2.45, 2.75) is 24.0 Å². The molecule has 0 saturated heterocycles. The molecule has 0 spiro atoms. The van der Waals surface area contributed by atoms with Gasteiger partial charge in [0, 0.05) is 35.1 Å². The first-order valence-electron chi connectivity index (χ1n) is 11.5. The second kappa shape index (κ2) is 7.75. The van der Waals surface area contributed by atoms with Crippen LogP contribution in [-0.2, 0) is 11.2 Å². The Morgan fingerprint density at radius 3 is 1.00 bits per heavy atom. The molecular weight excluding hydrogens is 416 g/mol. The van der Waals surface area contributed by atoms with E-state index in [1.165, 1.54) is 0 Å². The molecule has 0 fully saturated rings. The van der Waals surface area contributed by atoms with E-state index < -0.39 is 11.2 Å². The first-order valence-corrected chi connectivity index (χ1v) is 11.5. The monoisotopic (exact) mass is 438 g/mol. The molecule has 162 valence electrons. The molecule has 0 bridgehead atoms. The molecule has 0 aromatic heterocycles. The Morgan fingerprint density at radius 2 is 0.706 bits per heavy atom. The standard InChI is InChI=1S/C32H22O2/c33-31(27-17-7-3-13-23(27)24-14-4-8-18-28(24)31)21-11-1-2-12-22-32(34)29-19-9-5-15-25(29)26-16-6-10-20-30(26)32/h3-10,13-20,33-34H,1-2H2. The highest BCUT2D eigenvalue weighted by Gasteiger charge is 2.41. The van der Waals surface area contributed by atoms with Gasteiger partial charge in [-0.05, 0) is 22.3 Å². The van der Waals surface area contributed by atoms with Gasteiger partial charge in [-0.2, -0.15) is 0 Å². The van der Waals surface area contributed by atoms with E-state index in [2.05, 4.69) is 23.7 Å². The SMILES string of the molecule is OC1(C#CCCC#CC2(O)c3ccccc3-c3ccccc32)c2ccccc2-c2ccccc21. The van der Waals surface area contributed by atoms with Crippen LogP contribution in [-0.4, -0.2) is 10.2 Å². The van der Waals surface area contributed by atoms with Crippen molar-refractivity contribution in [3.63, 3.8) is 0 Å². The van der Waals surface area contributed by atoms with E-state index in [1.807, 2.05) is 97.1 Å². The first-order chi connectivity index (χ1) is 16.6. The molecule has 2 aliphatic rings. The summed E-state index contributed by atoms with van der Waals surface area (Å²) in [5.74, 6) is 12.5. The summed E-state index contributed by atoms with van der Waals surface area (Å²) >= 11 is 0. The zero-order valence-corrected chi connectivity index (χ0v) is 18.5. The minimum Gasteiger partial charge on any atom is -0.369 e. The number of benzene rings is 4. The fourth-order valence-electron chi connectivity index (χ4n) is 5.20. The molecule has 0 radical (unpaired) electrons. The number of hydrogen-bond donors (Lipinski definition) is 2. The van der Waals surface area contributed by atoms with Gasteiger partial charge in [0.1, 0.15) is 0 Å². The van der Waals surface area contributed by atoms with Gasteiger partial charge in [-0.25, -0.2) is 0 Å². The molecule has 0 aliphatic heterocycles. The second-order valence-electron chi connectivity index (χ2n) is 8.71. The Hall–Kier alpha value is -4.08. The van der Waals surface area contributed by atoms with Gasteiger partial charge >= 0.3 is 0 Å². The van der Waals surface area contributed by atoms with Crippen molar-refractivity contribution in [3.8, 4) is 45.9 Å². The Kier molecular flexibility index (Phi) is 4.68. The average Bonchev–Trinajstić information content (AvgIpc) is 3.29. The van der Waals surface area contributed by atoms with Crippen molar-refractivity contribution in [3.05, 3.63) is 119 Å². The lowest BCUT2D eigenvalue weighted by molar-refractivity contribution is 0.149. The van der Waals surface area contributed by atoms with Crippen LogP contribution in [0.1, 0.15) is 35.1 Å². The van der Waals surface area contributed by atoms with E-state index in [-0.39, 0.29) is 0 Å². The Balaban J connectivity index is 1.26. The minimum atomic E-state index is -1.32. The van der Waals surface area contributed by atoms with Gasteiger partial charge in [-0.1, -0.05) is 121 Å². The minimum absolute atomic E-state index is 0.499. The molecule has 6 rings (SSSR count). The van der Waals surface area contributed by atoms with Crippen LogP contribution in [0, 0.1) is 23.7 Å². The maximum atomic E-state index is 11.5. The number of fused-ring (bicyclic) bond motifs is 6. The maximum Gasteiger partial charge on any atom is 0.178 e. The van der Waals surface area contributed by atoms with Crippen molar-refractivity contribution >= 4 is 0 Å². The summed E-state index contributed by atoms with van der Waals surface area (Å²) in [5, 5.41) is 23.1. The molecule has 34 heavy (non-hydrogen) atoms. The average molecular weight is 439 g/mol. The largest absolute Gasteiger partial charge is 0.369 e. The predicted molar refractivity (Wildman–Crippen MR) is 135 cm³/mol. The summed E-state index contributed by atoms with van der Waals surface area (Å²) in [6, 6.07) is 31.5. The lowest BCUT2D eigenvalue weighted by Crippen LogP contribution is -2.22. The lowest BCUT2D eigenvalue weighted by Gasteiger charge is -2.19. The zero-order chi connectivity index (χ0) is 23.2. The van der Waals surface area contributed by atoms with Gasteiger partial charge in [0.25, 0.3) is 0 Å². The van der Waals surface area contributed by atoms with Crippen molar-refractivity contribution in [1.82, 2.24) is 0 Å². The summed E-state index contributed by atoms with van der Waals surface area (Å²) in [4.78, 5) is 0. The van der Waals surface area contributed by atoms with Crippen LogP contribution in [0.15, 0.2) is 97.1 Å². The normalized spacial score (nSPS) is 15.0. The predicted octanol–water partition coefficient (Wildman–Crippen LogP) is 5.61. The third kappa shape index (κ3) is 2.94. The topological polar surface area (TPSA) is 40.5 Å². The molecule has 0 saturated carbocycles. The van der Waals surface area contributed by atoms with Crippen molar-refractivity contribution in [1.29, 1.82) is 0 Å². The van der Waals surface area contributed by atoms with E-state index in [0.29, 0.717) is 12.8 Å². The van der Waals surface area contributed by atoms with Gasteiger partial charge in [-0.15, -0.1) is 0 Å². The van der Waals surface area contributed by atoms with Crippen molar-refractivity contribution < 1.29 is 10.2 Å². The molecule has 0 atom stereocenters. The Labute approximate surface area is 199 Å². The highest BCUT2D eigenvalue weighted by molar-refractivity contribution is 5.83. The van der Waals surface area contributed by atoms with Crippen LogP contribution >= 0.6 is 0 Å². The third-order valence-electron chi connectivity index (χ3n) is 6.76. The number of rotatable bonds is 1. The molecule has 0 unspecified atom stereocenters. The summed E-state index contributed by atoms with van der Waals surface area (Å²) in [7, 11) is 0. The highest BCUT2D eigenvalue weighted by atomic mass is 16.3. The second-order valence-corrected chi connectivity index (χ2v) is 8.71. The molecule has 2 nitrogen and oxygen atoms in total. The molecule has 2 N–H and O–H groups in total. The number of hydrogen-bond acceptors (Lipinski definition) is 2. The molecule has 0 amide bonds. The van der Waals surface area contributed by atoms with Gasteiger partial charge in [-0.3, -0.25) is 0 Å². The van der Waals surface area contributed by atoms with Gasteiger partial charge in [0.05, 0.1) is 0 Å². The lowest BCUT2D eigenvalue weighted by atomic mass is 9.91. The first kappa shape index (κ1) is 20.5. The van der Waals surface area contributed by atoms with Crippen LogP contribution in [0.3, 0.4) is 0 Å². The summed E-state index contributed by atoms with van der Waals surface area (Å²) < 4.78 is 0. The van der Waals surface area contributed by atoms with Gasteiger partial charge in [0.15, 0.2) is 11.2 Å². The summed E-state index contributed by atoms with van der Waals surface area (Å²) in [5.41, 5.74) is 4.75. The van der Waals surface area contributed by atoms with Crippen LogP contribution < -0.4 is 0 Å². The summed E-state index contributed by atoms with van der Waals surface area (Å²) in [6.45, 7) is 0. The fourth-order valence-corrected chi connectivity index (χ4v) is 5.20. The molecule has 0 heterocycles. The van der Waals surface area contributed by atoms with Crippen molar-refractivity contribution in [2.75, 3.05) is 0 Å². The Bertz CT molecular complexity index is 1340. The van der Waals surface area contributed by atoms with Crippen LogP contribution in [0.25, 0.3) is 22.3 Å². The molecular formula is C32H22O2. The highest BCUT2D eigenvalue weighted by Crippen LogP contribution is 2.48. The van der Waals surface area contributed by atoms with E-state index in [0.717, 1.165) is 44.5 Å². The number of unbranched alkanes of at least 4 members (excludes halogenated alkanes) is 1. The van der Waals surface area contributed by atoms with E-state index >= 15 is 0 Å². The van der Waals surface area contributed by atoms with Crippen LogP contribution in [0.2, 0.25) is 0 Å². The van der Waals surface area contributed by atoms with E-state index in [9.17, 15) is 10.2 Å². The molecule has 4 aromatic rings. The van der Waals surface area contributed by atoms with E-state index in [4.69, 9.17) is 0 Å². The molecule has 2 heteroatoms. The van der Waals surface area contributed by atoms with Crippen LogP contribution in [0.4, 0.5) is 0 Å². The van der Waals surface area contributed by atoms with E-state index in [1.54, 1.807) is 0 Å². The van der Waals surface area contributed by atoms with Crippen LogP contribution in [0.5, 0.6) is 0 Å². The Morgan fingerprint density at radius 1 is 0.441 bits per heavy atom. The van der Waals surface area contributed by atoms with Gasteiger partial charge < -0.3 is 10.2 Å². The molecule has 4 aromatic carbocycles. The number of aliphatic hydroxyl groups is 2. The van der Waals surface area contributed by atoms with Crippen molar-refractivity contribution in [2.24, 2.45) is 0 Å². The third-order valence-corrected chi connectivity index (χ3v) is 6.76. The van der Waals surface area contributed by atoms with Gasteiger partial charge in [0.2, 0.25) is 0 Å². The quantitative estimate of drug-likeness (QED) is 0.300. The zero-order valence-electron chi connectivity index (χ0n) is 18.5.